The van der Waals surface area contributed by atoms with Crippen molar-refractivity contribution in [2.24, 2.45) is 0 Å². The zero-order chi connectivity index (χ0) is 64.2. The first-order chi connectivity index (χ1) is 43.8. The number of amides is 1. The maximum absolute atomic E-state index is 13.2. The third kappa shape index (κ3) is 57.3. The second kappa shape index (κ2) is 69.0. The molecule has 89 heavy (non-hydrogen) atoms. The van der Waals surface area contributed by atoms with Crippen LogP contribution in [0.5, 0.6) is 0 Å². The largest absolute Gasteiger partial charge is 0.394 e. The molecule has 9 nitrogen and oxygen atoms in total. The fraction of sp³-hybridized carbons (Fsp3) is 0.887. The standard InChI is InChI=1S/C80H151NO8/c1-3-5-7-9-11-13-15-17-19-21-23-25-27-29-30-31-32-33-34-35-36-37-38-39-40-41-42-43-44-46-48-50-52-54-56-58-60-62-64-66-68-70-76(84)81-73(72-88-80-79(87)78(86)77(85)75(71-82)89-80)74(83)69-67-65-63-61-59-57-55-53-51-49-47-45-28-26-24-22-20-18-16-14-12-10-8-6-4-2/h15,17,21,23,27,29,67,69,73-75,77-80,82-83,85-87H,3-14,16,18-20,22,24-26,28,30-66,68,70-72H2,1-2H3,(H,81,84)/b17-15-,23-21-,29-27-,69-67+. The molecule has 0 aromatic rings. The highest BCUT2D eigenvalue weighted by Crippen LogP contribution is 2.24. The third-order valence-electron chi connectivity index (χ3n) is 18.9. The van der Waals surface area contributed by atoms with Gasteiger partial charge < -0.3 is 40.3 Å². The molecule has 1 saturated heterocycles. The Kier molecular flexibility index (Phi) is 66.0. The summed E-state index contributed by atoms with van der Waals surface area (Å²) in [4.78, 5) is 13.2. The molecular formula is C80H151NO8. The molecular weight excluding hydrogens is 1100 g/mol. The Balaban J connectivity index is 2.04. The van der Waals surface area contributed by atoms with Gasteiger partial charge in [0.15, 0.2) is 6.29 Å². The summed E-state index contributed by atoms with van der Waals surface area (Å²) >= 11 is 0. The van der Waals surface area contributed by atoms with Gasteiger partial charge in [-0.15, -0.1) is 0 Å². The highest BCUT2D eigenvalue weighted by atomic mass is 16.7. The Morgan fingerprint density at radius 2 is 0.663 bits per heavy atom. The smallest absolute Gasteiger partial charge is 0.220 e. The molecule has 9 heteroatoms. The number of hydrogen-bond acceptors (Lipinski definition) is 8. The molecule has 1 amide bonds. The molecule has 7 atom stereocenters. The van der Waals surface area contributed by atoms with Gasteiger partial charge in [-0.1, -0.05) is 383 Å². The van der Waals surface area contributed by atoms with E-state index in [0.29, 0.717) is 6.42 Å². The number of nitrogens with one attached hydrogen (secondary N) is 1. The minimum absolute atomic E-state index is 0.168. The number of allylic oxidation sites excluding steroid dienone is 7. The fourth-order valence-electron chi connectivity index (χ4n) is 12.8. The summed E-state index contributed by atoms with van der Waals surface area (Å²) in [7, 11) is 0. The quantitative estimate of drug-likeness (QED) is 0.0261. The zero-order valence-corrected chi connectivity index (χ0v) is 59.0. The van der Waals surface area contributed by atoms with Crippen LogP contribution < -0.4 is 5.32 Å². The normalized spacial score (nSPS) is 18.0. The van der Waals surface area contributed by atoms with Gasteiger partial charge in [0.2, 0.25) is 5.91 Å². The van der Waals surface area contributed by atoms with Crippen LogP contribution in [0.3, 0.4) is 0 Å². The second-order valence-corrected chi connectivity index (χ2v) is 27.5. The molecule has 0 aromatic carbocycles. The second-order valence-electron chi connectivity index (χ2n) is 27.5. The van der Waals surface area contributed by atoms with E-state index in [4.69, 9.17) is 9.47 Å². The van der Waals surface area contributed by atoms with Gasteiger partial charge in [0, 0.05) is 6.42 Å². The summed E-state index contributed by atoms with van der Waals surface area (Å²) in [5, 5.41) is 54.9. The van der Waals surface area contributed by atoms with Crippen molar-refractivity contribution >= 4 is 5.91 Å². The van der Waals surface area contributed by atoms with Crippen molar-refractivity contribution in [2.75, 3.05) is 13.2 Å². The van der Waals surface area contributed by atoms with Crippen molar-refractivity contribution in [1.29, 1.82) is 0 Å². The summed E-state index contributed by atoms with van der Waals surface area (Å²) in [6.07, 6.45) is 88.3. The number of unbranched alkanes of at least 4 members (excludes halogenated alkanes) is 54. The van der Waals surface area contributed by atoms with E-state index in [0.717, 1.165) is 51.4 Å². The van der Waals surface area contributed by atoms with E-state index in [9.17, 15) is 30.3 Å². The van der Waals surface area contributed by atoms with Crippen LogP contribution in [-0.2, 0) is 14.3 Å². The number of carbonyl (C=O) groups excluding carboxylic acids is 1. The molecule has 1 aliphatic rings. The molecule has 6 N–H and O–H groups in total. The number of ether oxygens (including phenoxy) is 2. The van der Waals surface area contributed by atoms with E-state index in [1.165, 1.54) is 327 Å². The maximum Gasteiger partial charge on any atom is 0.220 e. The van der Waals surface area contributed by atoms with E-state index in [2.05, 4.69) is 55.6 Å². The summed E-state index contributed by atoms with van der Waals surface area (Å²) in [6.45, 7) is 3.82. The van der Waals surface area contributed by atoms with Gasteiger partial charge in [0.1, 0.15) is 24.4 Å². The van der Waals surface area contributed by atoms with Crippen LogP contribution in [0.1, 0.15) is 399 Å². The molecule has 0 aliphatic carbocycles. The molecule has 0 bridgehead atoms. The first-order valence-electron chi connectivity index (χ1n) is 39.4. The van der Waals surface area contributed by atoms with Gasteiger partial charge in [-0.25, -0.2) is 0 Å². The highest BCUT2D eigenvalue weighted by Gasteiger charge is 2.44. The lowest BCUT2D eigenvalue weighted by Gasteiger charge is -2.40. The van der Waals surface area contributed by atoms with Crippen molar-refractivity contribution in [3.63, 3.8) is 0 Å². The molecule has 0 radical (unpaired) electrons. The predicted octanol–water partition coefficient (Wildman–Crippen LogP) is 22.3. The molecule has 1 heterocycles. The summed E-state index contributed by atoms with van der Waals surface area (Å²) in [5.41, 5.74) is 0. The van der Waals surface area contributed by atoms with Gasteiger partial charge in [-0.3, -0.25) is 4.79 Å². The monoisotopic (exact) mass is 1250 g/mol. The Morgan fingerprint density at radius 3 is 0.978 bits per heavy atom. The average molecular weight is 1260 g/mol. The Bertz CT molecular complexity index is 1550. The van der Waals surface area contributed by atoms with Gasteiger partial charge in [0.25, 0.3) is 0 Å². The molecule has 524 valence electrons. The predicted molar refractivity (Wildman–Crippen MR) is 383 cm³/mol. The lowest BCUT2D eigenvalue weighted by molar-refractivity contribution is -0.302. The first-order valence-corrected chi connectivity index (χ1v) is 39.4. The average Bonchev–Trinajstić information content (AvgIpc) is 2.59. The number of rotatable bonds is 70. The molecule has 0 aromatic heterocycles. The Hall–Kier alpha value is -1.85. The third-order valence-corrected chi connectivity index (χ3v) is 18.9. The highest BCUT2D eigenvalue weighted by molar-refractivity contribution is 5.76. The van der Waals surface area contributed by atoms with Crippen LogP contribution in [0.2, 0.25) is 0 Å². The number of hydrogen-bond donors (Lipinski definition) is 6. The molecule has 1 rings (SSSR count). The number of aliphatic hydroxyl groups is 5. The van der Waals surface area contributed by atoms with Gasteiger partial charge in [-0.05, 0) is 57.8 Å². The molecule has 7 unspecified atom stereocenters. The minimum Gasteiger partial charge on any atom is -0.394 e. The van der Waals surface area contributed by atoms with Crippen molar-refractivity contribution < 1.29 is 39.8 Å². The number of aliphatic hydroxyl groups excluding tert-OH is 5. The van der Waals surface area contributed by atoms with E-state index in [-0.39, 0.29) is 12.5 Å². The van der Waals surface area contributed by atoms with Crippen LogP contribution in [-0.4, -0.2) is 87.5 Å². The van der Waals surface area contributed by atoms with E-state index < -0.39 is 49.5 Å². The van der Waals surface area contributed by atoms with Crippen molar-refractivity contribution in [3.05, 3.63) is 48.6 Å². The summed E-state index contributed by atoms with van der Waals surface area (Å²) < 4.78 is 11.3. The van der Waals surface area contributed by atoms with Gasteiger partial charge in [-0.2, -0.15) is 0 Å². The first kappa shape index (κ1) is 85.2. The number of carbonyl (C=O) groups is 1. The van der Waals surface area contributed by atoms with Crippen molar-refractivity contribution in [1.82, 2.24) is 5.32 Å². The SMILES string of the molecule is CCCCCCC/C=C\C/C=C\C/C=C\CCCCCCCCCCCCCCCCCCCCCCCCCCCCC(=O)NC(COC1OC(CO)C(O)C(O)C1O)C(O)/C=C/CCCCCCCCCCCCCCCCCCCCCCCCC. The van der Waals surface area contributed by atoms with E-state index in [1.54, 1.807) is 6.08 Å². The molecule has 1 fully saturated rings. The van der Waals surface area contributed by atoms with Crippen LogP contribution in [0.15, 0.2) is 48.6 Å². The van der Waals surface area contributed by atoms with Crippen LogP contribution in [0, 0.1) is 0 Å². The van der Waals surface area contributed by atoms with Crippen molar-refractivity contribution in [3.8, 4) is 0 Å². The summed E-state index contributed by atoms with van der Waals surface area (Å²) in [5.74, 6) is -0.168. The maximum atomic E-state index is 13.2. The van der Waals surface area contributed by atoms with E-state index >= 15 is 0 Å². The van der Waals surface area contributed by atoms with Crippen LogP contribution in [0.25, 0.3) is 0 Å². The van der Waals surface area contributed by atoms with Crippen LogP contribution in [0.4, 0.5) is 0 Å². The van der Waals surface area contributed by atoms with Gasteiger partial charge >= 0.3 is 0 Å². The zero-order valence-electron chi connectivity index (χ0n) is 59.0. The Morgan fingerprint density at radius 1 is 0.382 bits per heavy atom. The minimum atomic E-state index is -1.57. The fourth-order valence-corrected chi connectivity index (χ4v) is 12.8. The lowest BCUT2D eigenvalue weighted by Crippen LogP contribution is -2.60. The molecule has 1 aliphatic heterocycles. The Labute approximate surface area is 552 Å². The molecule has 0 saturated carbocycles. The van der Waals surface area contributed by atoms with Crippen LogP contribution >= 0.6 is 0 Å². The van der Waals surface area contributed by atoms with Gasteiger partial charge in [0.05, 0.1) is 25.4 Å². The molecule has 0 spiro atoms. The lowest BCUT2D eigenvalue weighted by atomic mass is 9.99. The van der Waals surface area contributed by atoms with Crippen molar-refractivity contribution in [2.45, 2.75) is 442 Å². The topological polar surface area (TPSA) is 149 Å². The summed E-state index contributed by atoms with van der Waals surface area (Å²) in [6, 6.07) is -0.805. The van der Waals surface area contributed by atoms with E-state index in [1.807, 2.05) is 6.08 Å².